The van der Waals surface area contributed by atoms with Gasteiger partial charge >= 0.3 is 0 Å². The van der Waals surface area contributed by atoms with Gasteiger partial charge in [0.05, 0.1) is 0 Å². The fourth-order valence-electron chi connectivity index (χ4n) is 1.67. The van der Waals surface area contributed by atoms with Crippen molar-refractivity contribution >= 4 is 5.69 Å². The third-order valence-corrected chi connectivity index (χ3v) is 2.55. The molecule has 0 fully saturated rings. The summed E-state index contributed by atoms with van der Waals surface area (Å²) < 4.78 is 0. The van der Waals surface area contributed by atoms with Gasteiger partial charge in [0, 0.05) is 11.7 Å². The molecule has 1 aromatic rings. The van der Waals surface area contributed by atoms with Crippen LogP contribution in [-0.4, -0.2) is 6.04 Å². The van der Waals surface area contributed by atoms with E-state index in [0.717, 1.165) is 6.42 Å². The van der Waals surface area contributed by atoms with Gasteiger partial charge in [0.2, 0.25) is 0 Å². The van der Waals surface area contributed by atoms with Crippen molar-refractivity contribution in [2.24, 2.45) is 0 Å². The average Bonchev–Trinajstić information content (AvgIpc) is 2.17. The fraction of sp³-hybridized carbons (Fsp3) is 0.429. The lowest BCUT2D eigenvalue weighted by Crippen LogP contribution is -2.15. The third-order valence-electron chi connectivity index (χ3n) is 2.55. The molecule has 1 rings (SSSR count). The number of hydrogen-bond donors (Lipinski definition) is 1. The predicted molar refractivity (Wildman–Crippen MR) is 68.3 cm³/mol. The summed E-state index contributed by atoms with van der Waals surface area (Å²) >= 11 is 0. The summed E-state index contributed by atoms with van der Waals surface area (Å²) in [5.74, 6) is 0. The van der Waals surface area contributed by atoms with Crippen LogP contribution in [0.3, 0.4) is 0 Å². The number of aryl methyl sites for hydroxylation is 1. The molecule has 1 aromatic carbocycles. The van der Waals surface area contributed by atoms with Crippen LogP contribution in [-0.2, 0) is 0 Å². The topological polar surface area (TPSA) is 12.0 Å². The van der Waals surface area contributed by atoms with E-state index in [9.17, 15) is 0 Å². The number of rotatable bonds is 4. The van der Waals surface area contributed by atoms with Crippen molar-refractivity contribution in [2.75, 3.05) is 5.32 Å². The van der Waals surface area contributed by atoms with Gasteiger partial charge < -0.3 is 5.32 Å². The van der Waals surface area contributed by atoms with Crippen molar-refractivity contribution in [2.45, 2.75) is 40.2 Å². The Morgan fingerprint density at radius 2 is 2.20 bits per heavy atom. The van der Waals surface area contributed by atoms with Gasteiger partial charge in [0.15, 0.2) is 0 Å². The molecule has 0 aliphatic rings. The summed E-state index contributed by atoms with van der Waals surface area (Å²) in [6.07, 6.45) is 3.28. The molecule has 0 radical (unpaired) electrons. The van der Waals surface area contributed by atoms with Crippen LogP contribution in [0.2, 0.25) is 0 Å². The van der Waals surface area contributed by atoms with Gasteiger partial charge in [-0.15, -0.1) is 0 Å². The van der Waals surface area contributed by atoms with Gasteiger partial charge in [-0.1, -0.05) is 23.8 Å². The summed E-state index contributed by atoms with van der Waals surface area (Å²) in [5, 5.41) is 3.51. The van der Waals surface area contributed by atoms with Gasteiger partial charge in [0.25, 0.3) is 0 Å². The zero-order valence-electron chi connectivity index (χ0n) is 10.2. The Hall–Kier alpha value is -1.24. The van der Waals surface area contributed by atoms with Crippen LogP contribution in [0, 0.1) is 6.92 Å². The van der Waals surface area contributed by atoms with Crippen LogP contribution >= 0.6 is 0 Å². The molecule has 1 atom stereocenters. The highest BCUT2D eigenvalue weighted by atomic mass is 14.9. The van der Waals surface area contributed by atoms with E-state index in [2.05, 4.69) is 63.4 Å². The molecule has 0 bridgehead atoms. The normalized spacial score (nSPS) is 13.7. The first kappa shape index (κ1) is 11.8. The maximum atomic E-state index is 3.51. The lowest BCUT2D eigenvalue weighted by molar-refractivity contribution is 0.780. The first-order chi connectivity index (χ1) is 7.11. The smallest absolute Gasteiger partial charge is 0.0344 e. The Morgan fingerprint density at radius 1 is 1.47 bits per heavy atom. The first-order valence-electron chi connectivity index (χ1n) is 5.57. The molecule has 1 unspecified atom stereocenters. The molecule has 1 nitrogen and oxygen atoms in total. The number of benzene rings is 1. The molecule has 82 valence electrons. The van der Waals surface area contributed by atoms with Crippen LogP contribution in [0.1, 0.15) is 32.8 Å². The minimum Gasteiger partial charge on any atom is -0.382 e. The molecule has 0 spiro atoms. The van der Waals surface area contributed by atoms with E-state index in [-0.39, 0.29) is 0 Å². The quantitative estimate of drug-likeness (QED) is 0.725. The lowest BCUT2D eigenvalue weighted by atomic mass is 10.1. The van der Waals surface area contributed by atoms with Crippen molar-refractivity contribution in [1.82, 2.24) is 0 Å². The van der Waals surface area contributed by atoms with Gasteiger partial charge in [-0.05, 0) is 51.8 Å². The van der Waals surface area contributed by atoms with E-state index in [4.69, 9.17) is 0 Å². The minimum atomic E-state index is 0.489. The molecule has 0 aromatic heterocycles. The highest BCUT2D eigenvalue weighted by molar-refractivity contribution is 5.46. The molecular formula is C14H21N. The second-order valence-electron chi connectivity index (χ2n) is 4.25. The van der Waals surface area contributed by atoms with Crippen LogP contribution in [0.5, 0.6) is 0 Å². The number of hydrogen-bond acceptors (Lipinski definition) is 1. The molecule has 0 aliphatic heterocycles. The van der Waals surface area contributed by atoms with E-state index in [1.807, 2.05) is 0 Å². The molecule has 1 heteroatoms. The highest BCUT2D eigenvalue weighted by Crippen LogP contribution is 2.14. The van der Waals surface area contributed by atoms with Crippen LogP contribution in [0.15, 0.2) is 35.9 Å². The summed E-state index contributed by atoms with van der Waals surface area (Å²) in [4.78, 5) is 0. The maximum Gasteiger partial charge on any atom is 0.0344 e. The van der Waals surface area contributed by atoms with E-state index < -0.39 is 0 Å². The van der Waals surface area contributed by atoms with E-state index in [1.165, 1.54) is 16.8 Å². The first-order valence-corrected chi connectivity index (χ1v) is 5.57. The molecule has 0 saturated carbocycles. The number of allylic oxidation sites excluding steroid dienone is 1. The van der Waals surface area contributed by atoms with Crippen molar-refractivity contribution in [3.8, 4) is 0 Å². The highest BCUT2D eigenvalue weighted by Gasteiger charge is 2.02. The second-order valence-corrected chi connectivity index (χ2v) is 4.25. The van der Waals surface area contributed by atoms with Crippen LogP contribution in [0.25, 0.3) is 0 Å². The van der Waals surface area contributed by atoms with Gasteiger partial charge in [-0.3, -0.25) is 0 Å². The molecule has 15 heavy (non-hydrogen) atoms. The van der Waals surface area contributed by atoms with E-state index in [0.29, 0.717) is 6.04 Å². The van der Waals surface area contributed by atoms with Gasteiger partial charge in [-0.2, -0.15) is 0 Å². The van der Waals surface area contributed by atoms with Crippen molar-refractivity contribution in [1.29, 1.82) is 0 Å². The van der Waals surface area contributed by atoms with Crippen molar-refractivity contribution in [3.63, 3.8) is 0 Å². The Balaban J connectivity index is 2.55. The summed E-state index contributed by atoms with van der Waals surface area (Å²) in [6.45, 7) is 8.60. The van der Waals surface area contributed by atoms with Gasteiger partial charge in [-0.25, -0.2) is 0 Å². The van der Waals surface area contributed by atoms with Crippen LogP contribution in [0.4, 0.5) is 5.69 Å². The SMILES string of the molecule is C/C=C(\C)CC(C)Nc1cccc(C)c1. The lowest BCUT2D eigenvalue weighted by Gasteiger charge is -2.15. The number of anilines is 1. The van der Waals surface area contributed by atoms with Crippen molar-refractivity contribution in [3.05, 3.63) is 41.5 Å². The largest absolute Gasteiger partial charge is 0.382 e. The zero-order chi connectivity index (χ0) is 11.3. The molecule has 0 saturated heterocycles. The molecule has 0 aliphatic carbocycles. The van der Waals surface area contributed by atoms with Crippen molar-refractivity contribution < 1.29 is 0 Å². The third kappa shape index (κ3) is 4.20. The number of nitrogens with one attached hydrogen (secondary N) is 1. The Morgan fingerprint density at radius 3 is 2.80 bits per heavy atom. The molecule has 0 heterocycles. The Kier molecular flexibility index (Phi) is 4.41. The van der Waals surface area contributed by atoms with Gasteiger partial charge in [0.1, 0.15) is 0 Å². The minimum absolute atomic E-state index is 0.489. The second kappa shape index (κ2) is 5.59. The monoisotopic (exact) mass is 203 g/mol. The maximum absolute atomic E-state index is 3.51. The summed E-state index contributed by atoms with van der Waals surface area (Å²) in [7, 11) is 0. The molecular weight excluding hydrogens is 182 g/mol. The standard InChI is InChI=1S/C14H21N/c1-5-11(2)9-13(4)15-14-8-6-7-12(3)10-14/h5-8,10,13,15H,9H2,1-4H3/b11-5+. The summed E-state index contributed by atoms with van der Waals surface area (Å²) in [5.41, 5.74) is 3.95. The average molecular weight is 203 g/mol. The zero-order valence-corrected chi connectivity index (χ0v) is 10.2. The Bertz CT molecular complexity index is 339. The fourth-order valence-corrected chi connectivity index (χ4v) is 1.67. The van der Waals surface area contributed by atoms with E-state index >= 15 is 0 Å². The summed E-state index contributed by atoms with van der Waals surface area (Å²) in [6, 6.07) is 9.00. The molecule has 1 N–H and O–H groups in total. The van der Waals surface area contributed by atoms with Crippen LogP contribution < -0.4 is 5.32 Å². The Labute approximate surface area is 93.2 Å². The predicted octanol–water partition coefficient (Wildman–Crippen LogP) is 4.15. The molecule has 0 amide bonds. The van der Waals surface area contributed by atoms with E-state index in [1.54, 1.807) is 0 Å².